The predicted octanol–water partition coefficient (Wildman–Crippen LogP) is -1.72. The van der Waals surface area contributed by atoms with Crippen LogP contribution in [-0.2, 0) is 14.4 Å². The van der Waals surface area contributed by atoms with E-state index in [1.54, 1.807) is 0 Å². The molecule has 0 aromatic rings. The zero-order valence-corrected chi connectivity index (χ0v) is 7.77. The summed E-state index contributed by atoms with van der Waals surface area (Å²) in [5, 5.41) is 18.8. The molecule has 7 nitrogen and oxygen atoms in total. The van der Waals surface area contributed by atoms with Gasteiger partial charge in [-0.25, -0.2) is 0 Å². The molecule has 0 radical (unpaired) electrons. The fourth-order valence-electron chi connectivity index (χ4n) is 0.487. The van der Waals surface area contributed by atoms with E-state index < -0.39 is 24.4 Å². The normalized spacial score (nSPS) is 10.7. The Kier molecular flexibility index (Phi) is 10.3. The Morgan fingerprint density at radius 2 is 1.93 bits per heavy atom. The Morgan fingerprint density at radius 3 is 2.00 bits per heavy atom. The van der Waals surface area contributed by atoms with Crippen molar-refractivity contribution >= 4 is 18.2 Å². The molecule has 1 atom stereocenters. The van der Waals surface area contributed by atoms with Crippen LogP contribution in [0.1, 0.15) is 6.42 Å². The van der Waals surface area contributed by atoms with Gasteiger partial charge in [0.1, 0.15) is 12.3 Å². The summed E-state index contributed by atoms with van der Waals surface area (Å²) in [6.07, 6.45) is 0.256. The monoisotopic (exact) mass is 206 g/mol. The summed E-state index contributed by atoms with van der Waals surface area (Å²) in [7, 11) is 1.40. The van der Waals surface area contributed by atoms with Crippen molar-refractivity contribution < 1.29 is 24.6 Å². The average molecular weight is 206 g/mol. The Hall–Kier alpha value is -1.47. The Balaban J connectivity index is 0. The summed E-state index contributed by atoms with van der Waals surface area (Å²) < 4.78 is 0. The van der Waals surface area contributed by atoms with E-state index in [1.165, 1.54) is 7.05 Å². The number of carboxylic acids is 2. The van der Waals surface area contributed by atoms with Crippen molar-refractivity contribution in [3.8, 4) is 0 Å². The van der Waals surface area contributed by atoms with Crippen molar-refractivity contribution in [3.05, 3.63) is 0 Å². The molecule has 0 heterocycles. The van der Waals surface area contributed by atoms with Crippen LogP contribution in [-0.4, -0.2) is 48.1 Å². The Morgan fingerprint density at radius 1 is 1.50 bits per heavy atom. The van der Waals surface area contributed by atoms with Crippen LogP contribution in [0, 0.1) is 0 Å². The summed E-state index contributed by atoms with van der Waals surface area (Å²) in [6, 6.07) is -0.988. The number of aldehydes is 1. The van der Waals surface area contributed by atoms with Crippen molar-refractivity contribution in [2.24, 2.45) is 5.73 Å². The molecule has 82 valence electrons. The molecule has 0 aliphatic heterocycles. The smallest absolute Gasteiger partial charge is 0.321 e. The van der Waals surface area contributed by atoms with Crippen LogP contribution < -0.4 is 11.1 Å². The van der Waals surface area contributed by atoms with Crippen LogP contribution in [0.4, 0.5) is 0 Å². The van der Waals surface area contributed by atoms with Gasteiger partial charge < -0.3 is 26.1 Å². The van der Waals surface area contributed by atoms with Gasteiger partial charge in [0.2, 0.25) is 0 Å². The average Bonchev–Trinajstić information content (AvgIpc) is 2.14. The Bertz CT molecular complexity index is 195. The molecule has 0 rings (SSSR count). The third-order valence-electron chi connectivity index (χ3n) is 1.12. The van der Waals surface area contributed by atoms with Gasteiger partial charge in [0, 0.05) is 6.54 Å². The maximum absolute atomic E-state index is 10.1. The molecule has 0 saturated heterocycles. The van der Waals surface area contributed by atoms with Crippen LogP contribution in [0.3, 0.4) is 0 Å². The van der Waals surface area contributed by atoms with E-state index in [0.29, 0.717) is 6.29 Å². The summed E-state index contributed by atoms with van der Waals surface area (Å²) >= 11 is 0. The lowest BCUT2D eigenvalue weighted by atomic mass is 10.2. The van der Waals surface area contributed by atoms with Crippen LogP contribution in [0.25, 0.3) is 0 Å². The SMILES string of the molecule is CNC(CC(=O)O)C(=O)O.NCC=O. The summed E-state index contributed by atoms with van der Waals surface area (Å²) in [6.45, 7) is 0.139. The van der Waals surface area contributed by atoms with E-state index in [2.05, 4.69) is 11.1 Å². The first-order valence-corrected chi connectivity index (χ1v) is 3.75. The molecule has 0 aromatic heterocycles. The maximum atomic E-state index is 10.1. The van der Waals surface area contributed by atoms with Crippen molar-refractivity contribution in [1.82, 2.24) is 5.32 Å². The summed E-state index contributed by atoms with van der Waals surface area (Å²) in [5.41, 5.74) is 4.66. The van der Waals surface area contributed by atoms with E-state index in [4.69, 9.17) is 15.0 Å². The first kappa shape index (κ1) is 15.0. The lowest BCUT2D eigenvalue weighted by molar-refractivity contribution is -0.145. The minimum atomic E-state index is -1.15. The second-order valence-corrected chi connectivity index (χ2v) is 2.18. The van der Waals surface area contributed by atoms with Gasteiger partial charge in [-0.1, -0.05) is 0 Å². The molecule has 0 saturated carbocycles. The number of aliphatic carboxylic acids is 2. The second kappa shape index (κ2) is 9.62. The Labute approximate surface area is 80.9 Å². The molecule has 0 aromatic carbocycles. The standard InChI is InChI=1S/C5H9NO4.C2H5NO/c1-6-3(5(9)10)2-4(7)8;3-1-2-4/h3,6H,2H2,1H3,(H,7,8)(H,9,10);2H,1,3H2. The minimum absolute atomic E-state index is 0.139. The van der Waals surface area contributed by atoms with Gasteiger partial charge in [-0.3, -0.25) is 9.59 Å². The predicted molar refractivity (Wildman–Crippen MR) is 47.9 cm³/mol. The van der Waals surface area contributed by atoms with Gasteiger partial charge in [-0.15, -0.1) is 0 Å². The number of nitrogens with one attached hydrogen (secondary N) is 1. The summed E-state index contributed by atoms with van der Waals surface area (Å²) in [5.74, 6) is -2.27. The highest BCUT2D eigenvalue weighted by Crippen LogP contribution is 1.89. The molecular formula is C7H14N2O5. The highest BCUT2D eigenvalue weighted by Gasteiger charge is 2.17. The molecule has 1 unspecified atom stereocenters. The lowest BCUT2D eigenvalue weighted by Crippen LogP contribution is -2.35. The van der Waals surface area contributed by atoms with E-state index in [1.807, 2.05) is 0 Å². The van der Waals surface area contributed by atoms with Gasteiger partial charge in [-0.2, -0.15) is 0 Å². The first-order chi connectivity index (χ1) is 6.49. The zero-order valence-electron chi connectivity index (χ0n) is 7.77. The van der Waals surface area contributed by atoms with Crippen molar-refractivity contribution in [2.45, 2.75) is 12.5 Å². The molecule has 0 amide bonds. The van der Waals surface area contributed by atoms with Crippen molar-refractivity contribution in [2.75, 3.05) is 13.6 Å². The summed E-state index contributed by atoms with van der Waals surface area (Å²) in [4.78, 5) is 29.2. The number of carbonyl (C=O) groups excluding carboxylic acids is 1. The number of nitrogens with two attached hydrogens (primary N) is 1. The molecule has 0 aliphatic carbocycles. The number of hydrogen-bond acceptors (Lipinski definition) is 5. The molecule has 5 N–H and O–H groups in total. The third kappa shape index (κ3) is 10.5. The van der Waals surface area contributed by atoms with Crippen LogP contribution in [0.5, 0.6) is 0 Å². The van der Waals surface area contributed by atoms with Crippen LogP contribution >= 0.6 is 0 Å². The molecule has 0 fully saturated rings. The molecular weight excluding hydrogens is 192 g/mol. The number of rotatable bonds is 5. The zero-order chi connectivity index (χ0) is 11.6. The van der Waals surface area contributed by atoms with Crippen LogP contribution in [0.2, 0.25) is 0 Å². The number of likely N-dealkylation sites (N-methyl/N-ethyl adjacent to an activating group) is 1. The second-order valence-electron chi connectivity index (χ2n) is 2.18. The van der Waals surface area contributed by atoms with Gasteiger partial charge in [0.25, 0.3) is 0 Å². The van der Waals surface area contributed by atoms with Gasteiger partial charge in [0.15, 0.2) is 0 Å². The highest BCUT2D eigenvalue weighted by atomic mass is 16.4. The number of carboxylic acid groups (broad SMARTS) is 2. The largest absolute Gasteiger partial charge is 0.481 e. The van der Waals surface area contributed by atoms with E-state index >= 15 is 0 Å². The maximum Gasteiger partial charge on any atom is 0.321 e. The molecule has 7 heteroatoms. The number of hydrogen-bond donors (Lipinski definition) is 4. The minimum Gasteiger partial charge on any atom is -0.481 e. The van der Waals surface area contributed by atoms with Crippen molar-refractivity contribution in [3.63, 3.8) is 0 Å². The third-order valence-corrected chi connectivity index (χ3v) is 1.12. The molecule has 0 bridgehead atoms. The fraction of sp³-hybridized carbons (Fsp3) is 0.571. The van der Waals surface area contributed by atoms with Crippen molar-refractivity contribution in [1.29, 1.82) is 0 Å². The lowest BCUT2D eigenvalue weighted by Gasteiger charge is -2.06. The molecule has 14 heavy (non-hydrogen) atoms. The molecule has 0 spiro atoms. The quantitative estimate of drug-likeness (QED) is 0.393. The van der Waals surface area contributed by atoms with Gasteiger partial charge in [0.05, 0.1) is 6.42 Å². The topological polar surface area (TPSA) is 130 Å². The van der Waals surface area contributed by atoms with Gasteiger partial charge >= 0.3 is 11.9 Å². The number of carbonyl (C=O) groups is 3. The van der Waals surface area contributed by atoms with E-state index in [-0.39, 0.29) is 6.54 Å². The van der Waals surface area contributed by atoms with Gasteiger partial charge in [-0.05, 0) is 7.05 Å². The highest BCUT2D eigenvalue weighted by molar-refractivity contribution is 5.80. The molecule has 0 aliphatic rings. The first-order valence-electron chi connectivity index (χ1n) is 3.75. The van der Waals surface area contributed by atoms with Crippen LogP contribution in [0.15, 0.2) is 0 Å². The van der Waals surface area contributed by atoms with E-state index in [0.717, 1.165) is 0 Å². The fourth-order valence-corrected chi connectivity index (χ4v) is 0.487. The van der Waals surface area contributed by atoms with E-state index in [9.17, 15) is 9.59 Å².